The van der Waals surface area contributed by atoms with Crippen LogP contribution in [0.4, 0.5) is 0 Å². The molecule has 2 N–H and O–H groups in total. The number of nitrogens with one attached hydrogen (secondary N) is 1. The van der Waals surface area contributed by atoms with Gasteiger partial charge in [0, 0.05) is 6.54 Å². The molecule has 19 heavy (non-hydrogen) atoms. The maximum atomic E-state index is 11.8. The van der Waals surface area contributed by atoms with Crippen molar-refractivity contribution in [2.45, 2.75) is 25.9 Å². The van der Waals surface area contributed by atoms with Gasteiger partial charge in [0.05, 0.1) is 6.61 Å². The normalized spacial score (nSPS) is 11.7. The number of amides is 1. The molecular weight excluding hydrogens is 242 g/mol. The average molecular weight is 263 g/mol. The number of allylic oxidation sites excluding steroid dienone is 1. The molecule has 0 radical (unpaired) electrons. The van der Waals surface area contributed by atoms with Gasteiger partial charge in [0.15, 0.2) is 6.10 Å². The molecule has 0 aromatic heterocycles. The van der Waals surface area contributed by atoms with Gasteiger partial charge < -0.3 is 15.2 Å². The summed E-state index contributed by atoms with van der Waals surface area (Å²) in [6.07, 6.45) is 2.53. The van der Waals surface area contributed by atoms with E-state index < -0.39 is 6.10 Å². The third-order valence-corrected chi connectivity index (χ3v) is 2.68. The highest BCUT2D eigenvalue weighted by Gasteiger charge is 2.18. The summed E-state index contributed by atoms with van der Waals surface area (Å²) < 4.78 is 5.76. The minimum atomic E-state index is -0.544. The Hall–Kier alpha value is -1.81. The Morgan fingerprint density at radius 1 is 1.53 bits per heavy atom. The second kappa shape index (κ2) is 8.32. The van der Waals surface area contributed by atoms with Crippen molar-refractivity contribution in [3.8, 4) is 5.75 Å². The first-order chi connectivity index (χ1) is 9.22. The summed E-state index contributed by atoms with van der Waals surface area (Å²) in [7, 11) is 0. The van der Waals surface area contributed by atoms with Gasteiger partial charge in [-0.1, -0.05) is 31.2 Å². The van der Waals surface area contributed by atoms with Crippen LogP contribution in [0.5, 0.6) is 5.75 Å². The molecule has 104 valence electrons. The van der Waals surface area contributed by atoms with Crippen molar-refractivity contribution < 1.29 is 14.6 Å². The molecular formula is C15H21NO3. The highest BCUT2D eigenvalue weighted by atomic mass is 16.5. The molecule has 1 rings (SSSR count). The van der Waals surface area contributed by atoms with Gasteiger partial charge in [0.2, 0.25) is 0 Å². The van der Waals surface area contributed by atoms with Gasteiger partial charge in [-0.25, -0.2) is 0 Å². The molecule has 0 bridgehead atoms. The van der Waals surface area contributed by atoms with Crippen molar-refractivity contribution in [1.82, 2.24) is 5.32 Å². The topological polar surface area (TPSA) is 58.6 Å². The molecule has 0 saturated heterocycles. The largest absolute Gasteiger partial charge is 0.480 e. The lowest BCUT2D eigenvalue weighted by Gasteiger charge is -2.18. The van der Waals surface area contributed by atoms with E-state index in [-0.39, 0.29) is 19.1 Å². The van der Waals surface area contributed by atoms with Gasteiger partial charge in [0.25, 0.3) is 5.91 Å². The number of aliphatic hydroxyl groups is 1. The lowest BCUT2D eigenvalue weighted by atomic mass is 10.1. The zero-order valence-electron chi connectivity index (χ0n) is 11.3. The zero-order valence-corrected chi connectivity index (χ0v) is 11.3. The molecule has 0 aliphatic carbocycles. The number of benzene rings is 1. The van der Waals surface area contributed by atoms with E-state index in [1.807, 2.05) is 31.2 Å². The van der Waals surface area contributed by atoms with Crippen LogP contribution in [0, 0.1) is 0 Å². The summed E-state index contributed by atoms with van der Waals surface area (Å²) in [5.74, 6) is 0.498. The standard InChI is InChI=1S/C15H21NO3/c1-3-7-12-8-5-6-9-14(12)19-13(4-2)15(18)16-10-11-17/h3,5-6,8-9,13,17H,1,4,7,10-11H2,2H3,(H,16,18)/t13-/m0/s1. The van der Waals surface area contributed by atoms with Gasteiger partial charge in [-0.2, -0.15) is 0 Å². The third kappa shape index (κ3) is 4.75. The van der Waals surface area contributed by atoms with Gasteiger partial charge in [-0.05, 0) is 24.5 Å². The van der Waals surface area contributed by atoms with E-state index in [1.54, 1.807) is 6.08 Å². The first-order valence-corrected chi connectivity index (χ1v) is 6.47. The first-order valence-electron chi connectivity index (χ1n) is 6.47. The van der Waals surface area contributed by atoms with Crippen molar-refractivity contribution in [1.29, 1.82) is 0 Å². The van der Waals surface area contributed by atoms with Crippen molar-refractivity contribution in [3.05, 3.63) is 42.5 Å². The maximum Gasteiger partial charge on any atom is 0.261 e. The van der Waals surface area contributed by atoms with Gasteiger partial charge in [-0.3, -0.25) is 4.79 Å². The SMILES string of the molecule is C=CCc1ccccc1O[C@@H](CC)C(=O)NCCO. The molecule has 4 heteroatoms. The lowest BCUT2D eigenvalue weighted by molar-refractivity contribution is -0.128. The monoisotopic (exact) mass is 263 g/mol. The van der Waals surface area contributed by atoms with Crippen LogP contribution in [0.25, 0.3) is 0 Å². The van der Waals surface area contributed by atoms with E-state index in [1.165, 1.54) is 0 Å². The fourth-order valence-corrected chi connectivity index (χ4v) is 1.71. The molecule has 0 heterocycles. The molecule has 0 fully saturated rings. The number of para-hydroxylation sites is 1. The number of rotatable bonds is 8. The summed E-state index contributed by atoms with van der Waals surface area (Å²) in [5, 5.41) is 11.3. The number of hydrogen-bond acceptors (Lipinski definition) is 3. The lowest BCUT2D eigenvalue weighted by Crippen LogP contribution is -2.39. The molecule has 1 aromatic rings. The van der Waals surface area contributed by atoms with Crippen LogP contribution in [0.2, 0.25) is 0 Å². The Morgan fingerprint density at radius 3 is 2.89 bits per heavy atom. The number of ether oxygens (including phenoxy) is 1. The molecule has 1 amide bonds. The van der Waals surface area contributed by atoms with Crippen LogP contribution in [0.3, 0.4) is 0 Å². The summed E-state index contributed by atoms with van der Waals surface area (Å²) in [6, 6.07) is 7.61. The molecule has 0 spiro atoms. The number of aliphatic hydroxyl groups excluding tert-OH is 1. The summed E-state index contributed by atoms with van der Waals surface area (Å²) in [6.45, 7) is 5.77. The highest BCUT2D eigenvalue weighted by Crippen LogP contribution is 2.21. The van der Waals surface area contributed by atoms with Gasteiger partial charge in [-0.15, -0.1) is 6.58 Å². The van der Waals surface area contributed by atoms with E-state index in [2.05, 4.69) is 11.9 Å². The minimum absolute atomic E-state index is 0.0742. The van der Waals surface area contributed by atoms with E-state index >= 15 is 0 Å². The molecule has 0 saturated carbocycles. The molecule has 0 unspecified atom stereocenters. The Kier molecular flexibility index (Phi) is 6.68. The van der Waals surface area contributed by atoms with Crippen molar-refractivity contribution in [3.63, 3.8) is 0 Å². The Morgan fingerprint density at radius 2 is 2.26 bits per heavy atom. The Balaban J connectivity index is 2.74. The Labute approximate surface area is 114 Å². The van der Waals surface area contributed by atoms with Crippen molar-refractivity contribution in [2.24, 2.45) is 0 Å². The Bertz CT molecular complexity index is 418. The summed E-state index contributed by atoms with van der Waals surface area (Å²) in [5.41, 5.74) is 1.01. The second-order valence-corrected chi connectivity index (χ2v) is 4.13. The molecule has 1 aromatic carbocycles. The van der Waals surface area contributed by atoms with Crippen LogP contribution in [0.1, 0.15) is 18.9 Å². The molecule has 0 aliphatic heterocycles. The fraction of sp³-hybridized carbons (Fsp3) is 0.400. The quantitative estimate of drug-likeness (QED) is 0.702. The second-order valence-electron chi connectivity index (χ2n) is 4.13. The number of hydrogen-bond donors (Lipinski definition) is 2. The average Bonchev–Trinajstić information content (AvgIpc) is 2.44. The smallest absolute Gasteiger partial charge is 0.261 e. The van der Waals surface area contributed by atoms with Crippen LogP contribution in [0.15, 0.2) is 36.9 Å². The van der Waals surface area contributed by atoms with E-state index in [0.717, 1.165) is 5.56 Å². The van der Waals surface area contributed by atoms with Crippen LogP contribution >= 0.6 is 0 Å². The van der Waals surface area contributed by atoms with Crippen molar-refractivity contribution >= 4 is 5.91 Å². The van der Waals surface area contributed by atoms with E-state index in [9.17, 15) is 4.79 Å². The van der Waals surface area contributed by atoms with Crippen LogP contribution < -0.4 is 10.1 Å². The predicted octanol–water partition coefficient (Wildman–Crippen LogP) is 1.68. The summed E-state index contributed by atoms with van der Waals surface area (Å²) >= 11 is 0. The molecule has 1 atom stereocenters. The van der Waals surface area contributed by atoms with Crippen LogP contribution in [-0.4, -0.2) is 30.3 Å². The van der Waals surface area contributed by atoms with Gasteiger partial charge in [0.1, 0.15) is 5.75 Å². The summed E-state index contributed by atoms with van der Waals surface area (Å²) in [4.78, 5) is 11.8. The highest BCUT2D eigenvalue weighted by molar-refractivity contribution is 5.81. The van der Waals surface area contributed by atoms with E-state index in [4.69, 9.17) is 9.84 Å². The van der Waals surface area contributed by atoms with Gasteiger partial charge >= 0.3 is 0 Å². The fourth-order valence-electron chi connectivity index (χ4n) is 1.71. The minimum Gasteiger partial charge on any atom is -0.480 e. The zero-order chi connectivity index (χ0) is 14.1. The molecule has 0 aliphatic rings. The van der Waals surface area contributed by atoms with E-state index in [0.29, 0.717) is 18.6 Å². The third-order valence-electron chi connectivity index (χ3n) is 2.68. The van der Waals surface area contributed by atoms with Crippen molar-refractivity contribution in [2.75, 3.05) is 13.2 Å². The molecule has 4 nitrogen and oxygen atoms in total. The predicted molar refractivity (Wildman–Crippen MR) is 75.1 cm³/mol. The maximum absolute atomic E-state index is 11.8. The number of carbonyl (C=O) groups excluding carboxylic acids is 1. The van der Waals surface area contributed by atoms with Crippen LogP contribution in [-0.2, 0) is 11.2 Å². The number of carbonyl (C=O) groups is 1. The first kappa shape index (κ1) is 15.2.